The van der Waals surface area contributed by atoms with E-state index in [1.807, 2.05) is 30.3 Å². The number of thiazole rings is 1. The van der Waals surface area contributed by atoms with E-state index >= 15 is 0 Å². The van der Waals surface area contributed by atoms with Gasteiger partial charge in [-0.15, -0.1) is 0 Å². The second-order valence-corrected chi connectivity index (χ2v) is 7.71. The highest BCUT2D eigenvalue weighted by molar-refractivity contribution is 7.20. The molecule has 1 unspecified atom stereocenters. The standard InChI is InChI=1S/C20H19N3O3S/c1-13-12-24-8-7-23(13)11-16-10-14-9-15(4-5-17(14)25-16)26-20-22-19-18(27-20)3-2-6-21-19/h2-6,9-10,13H,7-8,11-12H2,1H3. The Balaban J connectivity index is 1.36. The average Bonchev–Trinajstić information content (AvgIpc) is 3.26. The zero-order valence-corrected chi connectivity index (χ0v) is 15.7. The Morgan fingerprint density at radius 1 is 1.30 bits per heavy atom. The van der Waals surface area contributed by atoms with E-state index in [-0.39, 0.29) is 0 Å². The topological polar surface area (TPSA) is 60.6 Å². The van der Waals surface area contributed by atoms with Crippen LogP contribution in [0.25, 0.3) is 21.3 Å². The normalized spacial score (nSPS) is 18.3. The summed E-state index contributed by atoms with van der Waals surface area (Å²) in [6.07, 6.45) is 1.74. The van der Waals surface area contributed by atoms with Crippen molar-refractivity contribution < 1.29 is 13.9 Å². The van der Waals surface area contributed by atoms with E-state index in [0.29, 0.717) is 16.9 Å². The Bertz CT molecular complexity index is 1060. The molecule has 27 heavy (non-hydrogen) atoms. The van der Waals surface area contributed by atoms with Gasteiger partial charge in [-0.2, -0.15) is 4.98 Å². The molecule has 6 nitrogen and oxygen atoms in total. The largest absolute Gasteiger partial charge is 0.460 e. The van der Waals surface area contributed by atoms with Gasteiger partial charge >= 0.3 is 0 Å². The quantitative estimate of drug-likeness (QED) is 0.520. The molecule has 0 bridgehead atoms. The fourth-order valence-corrected chi connectivity index (χ4v) is 4.10. The number of nitrogens with zero attached hydrogens (tertiary/aromatic N) is 3. The zero-order valence-electron chi connectivity index (χ0n) is 14.9. The molecule has 0 radical (unpaired) electrons. The lowest BCUT2D eigenvalue weighted by Gasteiger charge is -2.32. The lowest BCUT2D eigenvalue weighted by molar-refractivity contribution is -0.00689. The molecule has 1 aliphatic heterocycles. The molecular formula is C20H19N3O3S. The third kappa shape index (κ3) is 3.41. The molecule has 0 amide bonds. The molecule has 3 aromatic heterocycles. The Hall–Kier alpha value is -2.48. The minimum Gasteiger partial charge on any atom is -0.460 e. The molecule has 1 saturated heterocycles. The first kappa shape index (κ1) is 16.7. The molecule has 4 aromatic rings. The van der Waals surface area contributed by atoms with Gasteiger partial charge < -0.3 is 13.9 Å². The third-order valence-corrected chi connectivity index (χ3v) is 5.64. The van der Waals surface area contributed by atoms with Gasteiger partial charge in [-0.05, 0) is 43.3 Å². The molecule has 1 aromatic carbocycles. The lowest BCUT2D eigenvalue weighted by atomic mass is 10.2. The number of morpholine rings is 1. The van der Waals surface area contributed by atoms with E-state index in [9.17, 15) is 0 Å². The number of rotatable bonds is 4. The van der Waals surface area contributed by atoms with Crippen LogP contribution < -0.4 is 4.74 Å². The van der Waals surface area contributed by atoms with Crippen molar-refractivity contribution in [3.8, 4) is 10.9 Å². The first-order valence-corrected chi connectivity index (χ1v) is 9.80. The highest BCUT2D eigenvalue weighted by Crippen LogP contribution is 2.32. The SMILES string of the molecule is CC1COCCN1Cc1cc2cc(Oc3nc4ncccc4s3)ccc2o1. The summed E-state index contributed by atoms with van der Waals surface area (Å²) >= 11 is 1.49. The van der Waals surface area contributed by atoms with Crippen LogP contribution in [-0.2, 0) is 11.3 Å². The number of hydrogen-bond donors (Lipinski definition) is 0. The van der Waals surface area contributed by atoms with Gasteiger partial charge in [0.1, 0.15) is 17.1 Å². The maximum Gasteiger partial charge on any atom is 0.281 e. The molecule has 5 rings (SSSR count). The highest BCUT2D eigenvalue weighted by Gasteiger charge is 2.20. The monoisotopic (exact) mass is 381 g/mol. The number of furan rings is 1. The number of hydrogen-bond acceptors (Lipinski definition) is 7. The Labute approximate surface area is 160 Å². The van der Waals surface area contributed by atoms with Crippen molar-refractivity contribution in [1.82, 2.24) is 14.9 Å². The van der Waals surface area contributed by atoms with Crippen LogP contribution in [0.4, 0.5) is 0 Å². The second-order valence-electron chi connectivity index (χ2n) is 6.71. The summed E-state index contributed by atoms with van der Waals surface area (Å²) < 4.78 is 18.5. The fraction of sp³-hybridized carbons (Fsp3) is 0.300. The molecule has 1 atom stereocenters. The van der Waals surface area contributed by atoms with Crippen LogP contribution in [0.3, 0.4) is 0 Å². The average molecular weight is 381 g/mol. The summed E-state index contributed by atoms with van der Waals surface area (Å²) in [6, 6.07) is 12.2. The van der Waals surface area contributed by atoms with Gasteiger partial charge in [0.2, 0.25) is 0 Å². The summed E-state index contributed by atoms with van der Waals surface area (Å²) in [5.41, 5.74) is 1.58. The Morgan fingerprint density at radius 2 is 2.26 bits per heavy atom. The molecule has 4 heterocycles. The molecular weight excluding hydrogens is 362 g/mol. The van der Waals surface area contributed by atoms with Gasteiger partial charge in [0.05, 0.1) is 24.5 Å². The van der Waals surface area contributed by atoms with Crippen molar-refractivity contribution in [2.45, 2.75) is 19.5 Å². The van der Waals surface area contributed by atoms with Gasteiger partial charge in [0.15, 0.2) is 5.65 Å². The summed E-state index contributed by atoms with van der Waals surface area (Å²) in [5.74, 6) is 1.70. The molecule has 0 saturated carbocycles. The van der Waals surface area contributed by atoms with Crippen molar-refractivity contribution in [1.29, 1.82) is 0 Å². The summed E-state index contributed by atoms with van der Waals surface area (Å²) in [4.78, 5) is 11.1. The number of aromatic nitrogens is 2. The maximum atomic E-state index is 6.01. The molecule has 0 spiro atoms. The minimum atomic E-state index is 0.401. The smallest absolute Gasteiger partial charge is 0.281 e. The van der Waals surface area contributed by atoms with Gasteiger partial charge in [-0.1, -0.05) is 11.3 Å². The van der Waals surface area contributed by atoms with E-state index in [1.165, 1.54) is 11.3 Å². The maximum absolute atomic E-state index is 6.01. The molecule has 1 aliphatic rings. The van der Waals surface area contributed by atoms with Gasteiger partial charge in [-0.3, -0.25) is 4.90 Å². The molecule has 0 N–H and O–H groups in total. The second kappa shape index (κ2) is 6.92. The number of benzene rings is 1. The minimum absolute atomic E-state index is 0.401. The van der Waals surface area contributed by atoms with E-state index in [1.54, 1.807) is 6.20 Å². The van der Waals surface area contributed by atoms with Crippen LogP contribution in [0.2, 0.25) is 0 Å². The van der Waals surface area contributed by atoms with Crippen LogP contribution in [0.15, 0.2) is 47.0 Å². The summed E-state index contributed by atoms with van der Waals surface area (Å²) in [5, 5.41) is 1.62. The van der Waals surface area contributed by atoms with Gasteiger partial charge in [0.25, 0.3) is 5.19 Å². The Kier molecular flexibility index (Phi) is 4.27. The fourth-order valence-electron chi connectivity index (χ4n) is 3.31. The third-order valence-electron chi connectivity index (χ3n) is 4.75. The Morgan fingerprint density at radius 3 is 3.15 bits per heavy atom. The first-order chi connectivity index (χ1) is 13.2. The predicted octanol–water partition coefficient (Wildman–Crippen LogP) is 4.45. The van der Waals surface area contributed by atoms with Crippen molar-refractivity contribution in [3.05, 3.63) is 48.4 Å². The van der Waals surface area contributed by atoms with Crippen molar-refractivity contribution in [2.75, 3.05) is 19.8 Å². The van der Waals surface area contributed by atoms with Crippen LogP contribution in [0.1, 0.15) is 12.7 Å². The molecule has 1 fully saturated rings. The van der Waals surface area contributed by atoms with Crippen LogP contribution in [-0.4, -0.2) is 40.7 Å². The van der Waals surface area contributed by atoms with Crippen molar-refractivity contribution in [3.63, 3.8) is 0 Å². The predicted molar refractivity (Wildman–Crippen MR) is 104 cm³/mol. The first-order valence-electron chi connectivity index (χ1n) is 8.98. The number of pyridine rings is 1. The van der Waals surface area contributed by atoms with Gasteiger partial charge in [-0.25, -0.2) is 4.98 Å². The van der Waals surface area contributed by atoms with Crippen LogP contribution >= 0.6 is 11.3 Å². The summed E-state index contributed by atoms with van der Waals surface area (Å²) in [6.45, 7) is 5.45. The summed E-state index contributed by atoms with van der Waals surface area (Å²) in [7, 11) is 0. The van der Waals surface area contributed by atoms with E-state index in [4.69, 9.17) is 13.9 Å². The van der Waals surface area contributed by atoms with E-state index in [2.05, 4.69) is 27.9 Å². The number of fused-ring (bicyclic) bond motifs is 2. The van der Waals surface area contributed by atoms with Crippen LogP contribution in [0.5, 0.6) is 10.9 Å². The van der Waals surface area contributed by atoms with Crippen molar-refractivity contribution >= 4 is 32.7 Å². The van der Waals surface area contributed by atoms with E-state index in [0.717, 1.165) is 53.5 Å². The van der Waals surface area contributed by atoms with Crippen LogP contribution in [0, 0.1) is 0 Å². The molecule has 138 valence electrons. The molecule has 0 aliphatic carbocycles. The number of ether oxygens (including phenoxy) is 2. The van der Waals surface area contributed by atoms with E-state index < -0.39 is 0 Å². The highest BCUT2D eigenvalue weighted by atomic mass is 32.1. The van der Waals surface area contributed by atoms with Gasteiger partial charge in [0, 0.05) is 24.2 Å². The zero-order chi connectivity index (χ0) is 18.2. The van der Waals surface area contributed by atoms with Crippen molar-refractivity contribution in [2.24, 2.45) is 0 Å². The molecule has 7 heteroatoms. The lowest BCUT2D eigenvalue weighted by Crippen LogP contribution is -2.42.